The van der Waals surface area contributed by atoms with Crippen LogP contribution in [0.1, 0.15) is 27.7 Å². The Morgan fingerprint density at radius 2 is 2.14 bits per heavy atom. The van der Waals surface area contributed by atoms with Gasteiger partial charge in [0.2, 0.25) is 0 Å². The van der Waals surface area contributed by atoms with Crippen LogP contribution in [0.4, 0.5) is 0 Å². The van der Waals surface area contributed by atoms with E-state index in [0.29, 0.717) is 12.1 Å². The van der Waals surface area contributed by atoms with Gasteiger partial charge in [-0.2, -0.15) is 0 Å². The number of hydrogen-bond acceptors (Lipinski definition) is 3. The zero-order valence-corrected chi connectivity index (χ0v) is 10.1. The number of methoxy groups -OCH3 is 1. The average Bonchev–Trinajstić information content (AvgIpc) is 2.01. The van der Waals surface area contributed by atoms with Gasteiger partial charge in [0, 0.05) is 37.8 Å². The van der Waals surface area contributed by atoms with E-state index in [1.165, 1.54) is 0 Å². The molecule has 0 spiro atoms. The number of nitrogens with one attached hydrogen (secondary N) is 1. The summed E-state index contributed by atoms with van der Waals surface area (Å²) >= 11 is 0. The second-order valence-electron chi connectivity index (χ2n) is 5.20. The zero-order valence-electron chi connectivity index (χ0n) is 10.1. The topological polar surface area (TPSA) is 24.5 Å². The van der Waals surface area contributed by atoms with Gasteiger partial charge in [-0.1, -0.05) is 0 Å². The molecule has 0 aromatic rings. The Morgan fingerprint density at radius 1 is 1.50 bits per heavy atom. The molecule has 1 aliphatic heterocycles. The predicted octanol–water partition coefficient (Wildman–Crippen LogP) is 1.09. The molecule has 0 aromatic heterocycles. The number of nitrogens with zero attached hydrogens (tertiary/aromatic N) is 1. The Labute approximate surface area is 87.8 Å². The minimum atomic E-state index is 0.200. The smallest absolute Gasteiger partial charge is 0.0628 e. The zero-order chi connectivity index (χ0) is 10.8. The molecule has 14 heavy (non-hydrogen) atoms. The molecule has 0 amide bonds. The van der Waals surface area contributed by atoms with Gasteiger partial charge in [-0.05, 0) is 27.7 Å². The van der Waals surface area contributed by atoms with Crippen molar-refractivity contribution in [2.75, 3.05) is 26.8 Å². The lowest BCUT2D eigenvalue weighted by Gasteiger charge is -2.45. The van der Waals surface area contributed by atoms with E-state index in [2.05, 4.69) is 37.9 Å². The molecular formula is C11H24N2O. The highest BCUT2D eigenvalue weighted by molar-refractivity contribution is 4.93. The Kier molecular flexibility index (Phi) is 3.93. The van der Waals surface area contributed by atoms with E-state index in [1.807, 2.05) is 0 Å². The summed E-state index contributed by atoms with van der Waals surface area (Å²) < 4.78 is 5.21. The fourth-order valence-electron chi connectivity index (χ4n) is 2.19. The van der Waals surface area contributed by atoms with Crippen LogP contribution in [0.3, 0.4) is 0 Å². The highest BCUT2D eigenvalue weighted by atomic mass is 16.5. The lowest BCUT2D eigenvalue weighted by atomic mass is 9.97. The lowest BCUT2D eigenvalue weighted by molar-refractivity contribution is 0.0533. The molecule has 0 saturated carbocycles. The SMILES string of the molecule is COCC1CN(C(C)C)CC(C)(C)N1. The first kappa shape index (κ1) is 12.0. The first-order chi connectivity index (χ1) is 6.44. The summed E-state index contributed by atoms with van der Waals surface area (Å²) in [6, 6.07) is 1.09. The molecule has 0 radical (unpaired) electrons. The van der Waals surface area contributed by atoms with E-state index >= 15 is 0 Å². The van der Waals surface area contributed by atoms with Gasteiger partial charge in [-0.15, -0.1) is 0 Å². The maximum atomic E-state index is 5.21. The molecule has 1 N–H and O–H groups in total. The second-order valence-corrected chi connectivity index (χ2v) is 5.20. The quantitative estimate of drug-likeness (QED) is 0.738. The van der Waals surface area contributed by atoms with Crippen molar-refractivity contribution in [2.45, 2.75) is 45.3 Å². The Bertz CT molecular complexity index is 180. The van der Waals surface area contributed by atoms with Crippen molar-refractivity contribution < 1.29 is 4.74 Å². The first-order valence-corrected chi connectivity index (χ1v) is 5.45. The number of ether oxygens (including phenoxy) is 1. The minimum absolute atomic E-state index is 0.200. The van der Waals surface area contributed by atoms with Crippen molar-refractivity contribution >= 4 is 0 Å². The molecule has 3 heteroatoms. The Balaban J connectivity index is 2.57. The third-order valence-electron chi connectivity index (χ3n) is 2.75. The Morgan fingerprint density at radius 3 is 2.64 bits per heavy atom. The summed E-state index contributed by atoms with van der Waals surface area (Å²) in [5.74, 6) is 0. The molecule has 3 nitrogen and oxygen atoms in total. The van der Waals surface area contributed by atoms with Crippen LogP contribution in [0.15, 0.2) is 0 Å². The standard InChI is InChI=1S/C11H24N2O/c1-9(2)13-6-10(7-14-5)12-11(3,4)8-13/h9-10,12H,6-8H2,1-5H3. The van der Waals surface area contributed by atoms with Crippen molar-refractivity contribution in [1.82, 2.24) is 10.2 Å². The molecule has 0 aromatic carbocycles. The number of piperazine rings is 1. The van der Waals surface area contributed by atoms with E-state index in [9.17, 15) is 0 Å². The molecule has 1 atom stereocenters. The van der Waals surface area contributed by atoms with Gasteiger partial charge in [0.15, 0.2) is 0 Å². The second kappa shape index (κ2) is 4.60. The normalized spacial score (nSPS) is 28.3. The molecule has 0 aliphatic carbocycles. The summed E-state index contributed by atoms with van der Waals surface area (Å²) in [4.78, 5) is 2.51. The van der Waals surface area contributed by atoms with Crippen LogP contribution in [0, 0.1) is 0 Å². The fraction of sp³-hybridized carbons (Fsp3) is 1.00. The van der Waals surface area contributed by atoms with E-state index in [4.69, 9.17) is 4.74 Å². The summed E-state index contributed by atoms with van der Waals surface area (Å²) in [6.07, 6.45) is 0. The minimum Gasteiger partial charge on any atom is -0.383 e. The average molecular weight is 200 g/mol. The van der Waals surface area contributed by atoms with Gasteiger partial charge in [-0.25, -0.2) is 0 Å². The van der Waals surface area contributed by atoms with E-state index in [1.54, 1.807) is 7.11 Å². The van der Waals surface area contributed by atoms with Crippen LogP contribution in [-0.2, 0) is 4.74 Å². The van der Waals surface area contributed by atoms with Gasteiger partial charge < -0.3 is 10.1 Å². The molecule has 1 rings (SSSR count). The molecule has 0 bridgehead atoms. The predicted molar refractivity (Wildman–Crippen MR) is 59.6 cm³/mol. The first-order valence-electron chi connectivity index (χ1n) is 5.45. The van der Waals surface area contributed by atoms with Crippen molar-refractivity contribution in [3.63, 3.8) is 0 Å². The number of hydrogen-bond donors (Lipinski definition) is 1. The van der Waals surface area contributed by atoms with Crippen molar-refractivity contribution in [1.29, 1.82) is 0 Å². The van der Waals surface area contributed by atoms with Crippen LogP contribution in [-0.4, -0.2) is 49.3 Å². The summed E-state index contributed by atoms with van der Waals surface area (Å²) in [7, 11) is 1.77. The molecule has 1 unspecified atom stereocenters. The van der Waals surface area contributed by atoms with Gasteiger partial charge in [0.05, 0.1) is 6.61 Å². The van der Waals surface area contributed by atoms with Gasteiger partial charge >= 0.3 is 0 Å². The maximum Gasteiger partial charge on any atom is 0.0628 e. The largest absolute Gasteiger partial charge is 0.383 e. The van der Waals surface area contributed by atoms with Crippen LogP contribution in [0.25, 0.3) is 0 Å². The molecule has 1 aliphatic rings. The van der Waals surface area contributed by atoms with Crippen LogP contribution in [0.2, 0.25) is 0 Å². The van der Waals surface area contributed by atoms with Gasteiger partial charge in [0.1, 0.15) is 0 Å². The third-order valence-corrected chi connectivity index (χ3v) is 2.75. The van der Waals surface area contributed by atoms with E-state index in [0.717, 1.165) is 19.7 Å². The molecule has 1 fully saturated rings. The maximum absolute atomic E-state index is 5.21. The van der Waals surface area contributed by atoms with Crippen molar-refractivity contribution in [2.24, 2.45) is 0 Å². The molecule has 84 valence electrons. The lowest BCUT2D eigenvalue weighted by Crippen LogP contribution is -2.64. The molecule has 1 heterocycles. The van der Waals surface area contributed by atoms with Crippen LogP contribution in [0.5, 0.6) is 0 Å². The summed E-state index contributed by atoms with van der Waals surface area (Å²) in [5.41, 5.74) is 0.200. The highest BCUT2D eigenvalue weighted by Crippen LogP contribution is 2.16. The van der Waals surface area contributed by atoms with Gasteiger partial charge in [-0.3, -0.25) is 4.90 Å². The number of rotatable bonds is 3. The Hall–Kier alpha value is -0.120. The van der Waals surface area contributed by atoms with Crippen molar-refractivity contribution in [3.8, 4) is 0 Å². The summed E-state index contributed by atoms with van der Waals surface area (Å²) in [5, 5.41) is 3.61. The van der Waals surface area contributed by atoms with Crippen LogP contribution < -0.4 is 5.32 Å². The van der Waals surface area contributed by atoms with E-state index < -0.39 is 0 Å². The van der Waals surface area contributed by atoms with Crippen molar-refractivity contribution in [3.05, 3.63) is 0 Å². The molecule has 1 saturated heterocycles. The third kappa shape index (κ3) is 3.23. The van der Waals surface area contributed by atoms with Crippen LogP contribution >= 0.6 is 0 Å². The highest BCUT2D eigenvalue weighted by Gasteiger charge is 2.32. The fourth-order valence-corrected chi connectivity index (χ4v) is 2.19. The summed E-state index contributed by atoms with van der Waals surface area (Å²) in [6.45, 7) is 12.0. The van der Waals surface area contributed by atoms with Gasteiger partial charge in [0.25, 0.3) is 0 Å². The monoisotopic (exact) mass is 200 g/mol. The molecular weight excluding hydrogens is 176 g/mol. The van der Waals surface area contributed by atoms with E-state index in [-0.39, 0.29) is 5.54 Å².